The summed E-state index contributed by atoms with van der Waals surface area (Å²) in [6, 6.07) is 12.3. The van der Waals surface area contributed by atoms with Crippen molar-refractivity contribution in [2.45, 2.75) is 51.2 Å². The molecule has 1 aliphatic rings. The van der Waals surface area contributed by atoms with Crippen LogP contribution in [0.2, 0.25) is 0 Å². The summed E-state index contributed by atoms with van der Waals surface area (Å²) in [4.78, 5) is 0. The highest BCUT2D eigenvalue weighted by Gasteiger charge is 2.16. The Morgan fingerprint density at radius 2 is 1.70 bits per heavy atom. The van der Waals surface area contributed by atoms with Crippen molar-refractivity contribution in [3.8, 4) is 5.75 Å². The van der Waals surface area contributed by atoms with E-state index in [0.29, 0.717) is 6.10 Å². The number of ether oxygens (including phenoxy) is 1. The van der Waals surface area contributed by atoms with Crippen LogP contribution >= 0.6 is 0 Å². The first kappa shape index (κ1) is 13.4. The summed E-state index contributed by atoms with van der Waals surface area (Å²) in [6.45, 7) is 0.0312. The van der Waals surface area contributed by atoms with E-state index in [0.717, 1.165) is 34.9 Å². The van der Waals surface area contributed by atoms with Crippen LogP contribution in [0.25, 0.3) is 10.8 Å². The zero-order valence-electron chi connectivity index (χ0n) is 11.8. The molecule has 0 saturated heterocycles. The number of hydrogen-bond acceptors (Lipinski definition) is 2. The Kier molecular flexibility index (Phi) is 4.22. The average molecular weight is 270 g/mol. The maximum atomic E-state index is 9.72. The Morgan fingerprint density at radius 1 is 0.950 bits per heavy atom. The first-order valence-corrected chi connectivity index (χ1v) is 7.66. The molecule has 3 rings (SSSR count). The molecule has 0 amide bonds. The van der Waals surface area contributed by atoms with Crippen LogP contribution in [-0.4, -0.2) is 11.2 Å². The van der Waals surface area contributed by atoms with Crippen LogP contribution < -0.4 is 4.74 Å². The average Bonchev–Trinajstić information content (AvgIpc) is 2.76. The lowest BCUT2D eigenvalue weighted by Crippen LogP contribution is -2.16. The lowest BCUT2D eigenvalue weighted by Gasteiger charge is -2.20. The van der Waals surface area contributed by atoms with E-state index in [1.807, 2.05) is 18.2 Å². The first-order chi connectivity index (χ1) is 9.88. The van der Waals surface area contributed by atoms with Gasteiger partial charge in [-0.15, -0.1) is 0 Å². The van der Waals surface area contributed by atoms with Crippen LogP contribution in [0, 0.1) is 0 Å². The van der Waals surface area contributed by atoms with E-state index in [1.54, 1.807) is 0 Å². The third-order valence-electron chi connectivity index (χ3n) is 4.25. The first-order valence-electron chi connectivity index (χ1n) is 7.66. The number of rotatable bonds is 3. The topological polar surface area (TPSA) is 29.5 Å². The minimum absolute atomic E-state index is 0.0312. The largest absolute Gasteiger partial charge is 0.490 e. The second-order valence-electron chi connectivity index (χ2n) is 5.65. The molecule has 2 heteroatoms. The number of aliphatic hydroxyl groups excluding tert-OH is 1. The quantitative estimate of drug-likeness (QED) is 0.836. The van der Waals surface area contributed by atoms with Gasteiger partial charge in [-0.1, -0.05) is 43.2 Å². The van der Waals surface area contributed by atoms with Crippen LogP contribution in [0.5, 0.6) is 5.75 Å². The Bertz CT molecular complexity index is 569. The molecule has 1 saturated carbocycles. The Hall–Kier alpha value is -1.54. The number of fused-ring (bicyclic) bond motifs is 1. The van der Waals surface area contributed by atoms with Crippen LogP contribution in [0.4, 0.5) is 0 Å². The summed E-state index contributed by atoms with van der Waals surface area (Å²) < 4.78 is 6.21. The van der Waals surface area contributed by atoms with Gasteiger partial charge in [0.2, 0.25) is 0 Å². The standard InChI is InChI=1S/C18H22O2/c19-13-17-16-10-6-5-7-14(16)11-12-18(17)20-15-8-3-1-2-4-9-15/h5-7,10-12,15,19H,1-4,8-9,13H2. The Labute approximate surface area is 120 Å². The van der Waals surface area contributed by atoms with E-state index < -0.39 is 0 Å². The predicted molar refractivity (Wildman–Crippen MR) is 82.0 cm³/mol. The third-order valence-corrected chi connectivity index (χ3v) is 4.25. The molecule has 0 atom stereocenters. The minimum Gasteiger partial charge on any atom is -0.490 e. The summed E-state index contributed by atoms with van der Waals surface area (Å²) >= 11 is 0. The third kappa shape index (κ3) is 2.80. The second kappa shape index (κ2) is 6.27. The molecule has 106 valence electrons. The van der Waals surface area contributed by atoms with Crippen LogP contribution in [0.1, 0.15) is 44.1 Å². The molecule has 0 spiro atoms. The number of aliphatic hydroxyl groups is 1. The predicted octanol–water partition coefficient (Wildman–Crippen LogP) is 4.43. The van der Waals surface area contributed by atoms with Crippen LogP contribution in [-0.2, 0) is 6.61 Å². The minimum atomic E-state index is 0.0312. The summed E-state index contributed by atoms with van der Waals surface area (Å²) in [5.41, 5.74) is 0.923. The van der Waals surface area contributed by atoms with Gasteiger partial charge in [0.15, 0.2) is 0 Å². The molecule has 2 aromatic carbocycles. The fourth-order valence-corrected chi connectivity index (χ4v) is 3.13. The van der Waals surface area contributed by atoms with Crippen molar-refractivity contribution in [2.24, 2.45) is 0 Å². The lowest BCUT2D eigenvalue weighted by atomic mass is 10.0. The van der Waals surface area contributed by atoms with Gasteiger partial charge in [0, 0.05) is 5.56 Å². The molecule has 0 heterocycles. The van der Waals surface area contributed by atoms with Crippen LogP contribution in [0.15, 0.2) is 36.4 Å². The molecule has 0 aromatic heterocycles. The van der Waals surface area contributed by atoms with Crippen molar-refractivity contribution < 1.29 is 9.84 Å². The zero-order valence-corrected chi connectivity index (χ0v) is 11.8. The van der Waals surface area contributed by atoms with Gasteiger partial charge in [-0.3, -0.25) is 0 Å². The number of hydrogen-bond donors (Lipinski definition) is 1. The maximum Gasteiger partial charge on any atom is 0.125 e. The molecule has 1 fully saturated rings. The lowest BCUT2D eigenvalue weighted by molar-refractivity contribution is 0.177. The van der Waals surface area contributed by atoms with Gasteiger partial charge in [0.1, 0.15) is 5.75 Å². The molecular formula is C18H22O2. The number of benzene rings is 2. The molecule has 0 radical (unpaired) electrons. The van der Waals surface area contributed by atoms with E-state index in [4.69, 9.17) is 4.74 Å². The van der Waals surface area contributed by atoms with Crippen molar-refractivity contribution in [3.63, 3.8) is 0 Å². The van der Waals surface area contributed by atoms with E-state index in [1.165, 1.54) is 25.7 Å². The normalized spacial score (nSPS) is 17.1. The second-order valence-corrected chi connectivity index (χ2v) is 5.65. The summed E-state index contributed by atoms with van der Waals surface area (Å²) in [7, 11) is 0. The van der Waals surface area contributed by atoms with Crippen molar-refractivity contribution in [1.82, 2.24) is 0 Å². The molecule has 0 aliphatic heterocycles. The molecule has 1 aliphatic carbocycles. The summed E-state index contributed by atoms with van der Waals surface area (Å²) in [5.74, 6) is 0.859. The van der Waals surface area contributed by atoms with Gasteiger partial charge in [-0.2, -0.15) is 0 Å². The zero-order chi connectivity index (χ0) is 13.8. The smallest absolute Gasteiger partial charge is 0.125 e. The molecule has 20 heavy (non-hydrogen) atoms. The van der Waals surface area contributed by atoms with Gasteiger partial charge in [-0.25, -0.2) is 0 Å². The van der Waals surface area contributed by atoms with Gasteiger partial charge in [0.25, 0.3) is 0 Å². The summed E-state index contributed by atoms with van der Waals surface area (Å²) in [6.07, 6.45) is 7.74. The van der Waals surface area contributed by atoms with Gasteiger partial charge in [0.05, 0.1) is 12.7 Å². The molecule has 0 unspecified atom stereocenters. The maximum absolute atomic E-state index is 9.72. The molecule has 2 nitrogen and oxygen atoms in total. The van der Waals surface area contributed by atoms with E-state index in [2.05, 4.69) is 18.2 Å². The fourth-order valence-electron chi connectivity index (χ4n) is 3.13. The molecule has 0 bridgehead atoms. The summed E-state index contributed by atoms with van der Waals surface area (Å²) in [5, 5.41) is 12.0. The van der Waals surface area contributed by atoms with E-state index >= 15 is 0 Å². The van der Waals surface area contributed by atoms with Crippen molar-refractivity contribution in [3.05, 3.63) is 42.0 Å². The van der Waals surface area contributed by atoms with Crippen LogP contribution in [0.3, 0.4) is 0 Å². The highest BCUT2D eigenvalue weighted by Crippen LogP contribution is 2.31. The molecule has 1 N–H and O–H groups in total. The van der Waals surface area contributed by atoms with Crippen molar-refractivity contribution in [2.75, 3.05) is 0 Å². The fraction of sp³-hybridized carbons (Fsp3) is 0.444. The van der Waals surface area contributed by atoms with Gasteiger partial charge < -0.3 is 9.84 Å². The molecular weight excluding hydrogens is 248 g/mol. The highest BCUT2D eigenvalue weighted by atomic mass is 16.5. The van der Waals surface area contributed by atoms with E-state index in [9.17, 15) is 5.11 Å². The van der Waals surface area contributed by atoms with Crippen molar-refractivity contribution in [1.29, 1.82) is 0 Å². The van der Waals surface area contributed by atoms with Crippen molar-refractivity contribution >= 4 is 10.8 Å². The SMILES string of the molecule is OCc1c(OC2CCCCCC2)ccc2ccccc12. The van der Waals surface area contributed by atoms with E-state index in [-0.39, 0.29) is 6.61 Å². The Morgan fingerprint density at radius 3 is 2.45 bits per heavy atom. The highest BCUT2D eigenvalue weighted by molar-refractivity contribution is 5.87. The van der Waals surface area contributed by atoms with Gasteiger partial charge >= 0.3 is 0 Å². The molecule has 2 aromatic rings. The Balaban J connectivity index is 1.90. The van der Waals surface area contributed by atoms with Gasteiger partial charge in [-0.05, 0) is 42.5 Å². The monoisotopic (exact) mass is 270 g/mol.